The third-order valence-electron chi connectivity index (χ3n) is 3.44. The minimum Gasteiger partial charge on any atom is -0.381 e. The van der Waals surface area contributed by atoms with Crippen molar-refractivity contribution in [1.29, 1.82) is 0 Å². The molecule has 0 aromatic heterocycles. The van der Waals surface area contributed by atoms with E-state index in [1.54, 1.807) is 0 Å². The fraction of sp³-hybridized carbons (Fsp3) is 0.917. The van der Waals surface area contributed by atoms with E-state index >= 15 is 0 Å². The Morgan fingerprint density at radius 3 is 2.71 bits per heavy atom. The summed E-state index contributed by atoms with van der Waals surface area (Å²) in [7, 11) is 1.88. The van der Waals surface area contributed by atoms with Crippen molar-refractivity contribution in [3.63, 3.8) is 0 Å². The minimum absolute atomic E-state index is 0.151. The van der Waals surface area contributed by atoms with Gasteiger partial charge in [0.2, 0.25) is 5.91 Å². The maximum atomic E-state index is 12.2. The Morgan fingerprint density at radius 1 is 1.29 bits per heavy atom. The van der Waals surface area contributed by atoms with E-state index in [0.717, 1.165) is 45.8 Å². The Labute approximate surface area is 102 Å². The largest absolute Gasteiger partial charge is 0.381 e. The van der Waals surface area contributed by atoms with Gasteiger partial charge in [-0.1, -0.05) is 0 Å². The Kier molecular flexibility index (Phi) is 4.76. The van der Waals surface area contributed by atoms with Gasteiger partial charge in [-0.25, -0.2) is 0 Å². The molecule has 2 aliphatic rings. The van der Waals surface area contributed by atoms with E-state index in [9.17, 15) is 4.79 Å². The standard InChI is InChI=1S/C12H22N2O3/c1-14(8-11-9-17-7-4-13-11)12(15)10-2-5-16-6-3-10/h10-11,13H,2-9H2,1H3. The van der Waals surface area contributed by atoms with Crippen molar-refractivity contribution in [2.24, 2.45) is 5.92 Å². The lowest BCUT2D eigenvalue weighted by Crippen LogP contribution is -2.50. The summed E-state index contributed by atoms with van der Waals surface area (Å²) in [6.45, 7) is 4.52. The molecule has 2 fully saturated rings. The molecule has 1 unspecified atom stereocenters. The summed E-state index contributed by atoms with van der Waals surface area (Å²) in [5.41, 5.74) is 0. The van der Waals surface area contributed by atoms with Gasteiger partial charge in [-0.2, -0.15) is 0 Å². The molecule has 0 aromatic rings. The van der Waals surface area contributed by atoms with Crippen molar-refractivity contribution in [3.8, 4) is 0 Å². The SMILES string of the molecule is CN(CC1COCCN1)C(=O)C1CCOCC1. The van der Waals surface area contributed by atoms with Crippen molar-refractivity contribution in [1.82, 2.24) is 10.2 Å². The third kappa shape index (κ3) is 3.66. The Balaban J connectivity index is 1.77. The topological polar surface area (TPSA) is 50.8 Å². The summed E-state index contributed by atoms with van der Waals surface area (Å²) < 4.78 is 10.7. The van der Waals surface area contributed by atoms with Crippen LogP contribution in [-0.4, -0.2) is 63.4 Å². The van der Waals surface area contributed by atoms with Crippen LogP contribution in [-0.2, 0) is 14.3 Å². The number of amides is 1. The summed E-state index contributed by atoms with van der Waals surface area (Å²) in [4.78, 5) is 14.0. The molecule has 0 saturated carbocycles. The Morgan fingerprint density at radius 2 is 2.06 bits per heavy atom. The minimum atomic E-state index is 0.151. The summed E-state index contributed by atoms with van der Waals surface area (Å²) in [6.07, 6.45) is 1.72. The summed E-state index contributed by atoms with van der Waals surface area (Å²) in [5.74, 6) is 0.402. The number of morpholine rings is 1. The monoisotopic (exact) mass is 242 g/mol. The van der Waals surface area contributed by atoms with Crippen molar-refractivity contribution < 1.29 is 14.3 Å². The normalized spacial score (nSPS) is 26.8. The number of ether oxygens (including phenoxy) is 2. The van der Waals surface area contributed by atoms with E-state index in [1.807, 2.05) is 11.9 Å². The maximum absolute atomic E-state index is 12.2. The van der Waals surface area contributed by atoms with E-state index in [2.05, 4.69) is 5.32 Å². The third-order valence-corrected chi connectivity index (χ3v) is 3.44. The van der Waals surface area contributed by atoms with E-state index < -0.39 is 0 Å². The van der Waals surface area contributed by atoms with E-state index in [1.165, 1.54) is 0 Å². The number of hydrogen-bond donors (Lipinski definition) is 1. The van der Waals surface area contributed by atoms with Crippen LogP contribution in [0.3, 0.4) is 0 Å². The first-order chi connectivity index (χ1) is 8.27. The van der Waals surface area contributed by atoms with Crippen molar-refractivity contribution >= 4 is 5.91 Å². The van der Waals surface area contributed by atoms with Crippen LogP contribution in [0.5, 0.6) is 0 Å². The van der Waals surface area contributed by atoms with Gasteiger partial charge in [0.15, 0.2) is 0 Å². The lowest BCUT2D eigenvalue weighted by Gasteiger charge is -2.31. The number of hydrogen-bond acceptors (Lipinski definition) is 4. The highest BCUT2D eigenvalue weighted by atomic mass is 16.5. The molecule has 0 aliphatic carbocycles. The van der Waals surface area contributed by atoms with E-state index in [-0.39, 0.29) is 17.9 Å². The number of carbonyl (C=O) groups is 1. The Bertz CT molecular complexity index is 248. The molecule has 2 heterocycles. The zero-order chi connectivity index (χ0) is 12.1. The van der Waals surface area contributed by atoms with Gasteiger partial charge in [0.05, 0.1) is 13.2 Å². The maximum Gasteiger partial charge on any atom is 0.225 e. The predicted molar refractivity (Wildman–Crippen MR) is 63.8 cm³/mol. The average molecular weight is 242 g/mol. The van der Waals surface area contributed by atoms with Crippen molar-refractivity contribution in [3.05, 3.63) is 0 Å². The van der Waals surface area contributed by atoms with Crippen LogP contribution in [0.25, 0.3) is 0 Å². The Hall–Kier alpha value is -0.650. The second-order valence-corrected chi connectivity index (χ2v) is 4.83. The van der Waals surface area contributed by atoms with Crippen LogP contribution < -0.4 is 5.32 Å². The van der Waals surface area contributed by atoms with Gasteiger partial charge in [-0.05, 0) is 12.8 Å². The molecule has 2 aliphatic heterocycles. The highest BCUT2D eigenvalue weighted by Crippen LogP contribution is 2.17. The molecule has 1 atom stereocenters. The molecule has 0 bridgehead atoms. The van der Waals surface area contributed by atoms with E-state index in [4.69, 9.17) is 9.47 Å². The van der Waals surface area contributed by atoms with Gasteiger partial charge in [-0.15, -0.1) is 0 Å². The highest BCUT2D eigenvalue weighted by molar-refractivity contribution is 5.78. The molecule has 0 spiro atoms. The van der Waals surface area contributed by atoms with Gasteiger partial charge >= 0.3 is 0 Å². The van der Waals surface area contributed by atoms with Crippen LogP contribution >= 0.6 is 0 Å². The number of rotatable bonds is 3. The molecular weight excluding hydrogens is 220 g/mol. The number of nitrogens with zero attached hydrogens (tertiary/aromatic N) is 1. The molecular formula is C12H22N2O3. The lowest BCUT2D eigenvalue weighted by atomic mass is 9.98. The van der Waals surface area contributed by atoms with Crippen LogP contribution in [0, 0.1) is 5.92 Å². The molecule has 5 nitrogen and oxygen atoms in total. The molecule has 0 radical (unpaired) electrons. The second-order valence-electron chi connectivity index (χ2n) is 4.83. The predicted octanol–water partition coefficient (Wildman–Crippen LogP) is -0.140. The van der Waals surface area contributed by atoms with Gasteiger partial charge in [0.25, 0.3) is 0 Å². The second kappa shape index (κ2) is 6.33. The molecule has 98 valence electrons. The smallest absolute Gasteiger partial charge is 0.225 e. The zero-order valence-electron chi connectivity index (χ0n) is 10.5. The molecule has 1 amide bonds. The first-order valence-corrected chi connectivity index (χ1v) is 6.41. The average Bonchev–Trinajstić information content (AvgIpc) is 2.40. The van der Waals surface area contributed by atoms with E-state index in [0.29, 0.717) is 6.61 Å². The van der Waals surface area contributed by atoms with Crippen LogP contribution in [0.1, 0.15) is 12.8 Å². The molecule has 1 N–H and O–H groups in total. The van der Waals surface area contributed by atoms with Gasteiger partial charge in [0.1, 0.15) is 0 Å². The summed E-state index contributed by atoms with van der Waals surface area (Å²) >= 11 is 0. The molecule has 2 saturated heterocycles. The number of carbonyl (C=O) groups excluding carboxylic acids is 1. The zero-order valence-corrected chi connectivity index (χ0v) is 10.5. The highest BCUT2D eigenvalue weighted by Gasteiger charge is 2.26. The quantitative estimate of drug-likeness (QED) is 0.748. The van der Waals surface area contributed by atoms with Crippen molar-refractivity contribution in [2.45, 2.75) is 18.9 Å². The van der Waals surface area contributed by atoms with Gasteiger partial charge in [0, 0.05) is 45.3 Å². The summed E-state index contributed by atoms with van der Waals surface area (Å²) in [6, 6.07) is 0.276. The number of nitrogens with one attached hydrogen (secondary N) is 1. The fourth-order valence-electron chi connectivity index (χ4n) is 2.41. The van der Waals surface area contributed by atoms with Crippen LogP contribution in [0.2, 0.25) is 0 Å². The number of likely N-dealkylation sites (N-methyl/N-ethyl adjacent to an activating group) is 1. The lowest BCUT2D eigenvalue weighted by molar-refractivity contribution is -0.137. The fourth-order valence-corrected chi connectivity index (χ4v) is 2.41. The molecule has 0 aromatic carbocycles. The summed E-state index contributed by atoms with van der Waals surface area (Å²) in [5, 5.41) is 3.36. The molecule has 17 heavy (non-hydrogen) atoms. The van der Waals surface area contributed by atoms with Gasteiger partial charge in [-0.3, -0.25) is 4.79 Å². The molecule has 2 rings (SSSR count). The van der Waals surface area contributed by atoms with Crippen molar-refractivity contribution in [2.75, 3.05) is 46.6 Å². The first-order valence-electron chi connectivity index (χ1n) is 6.41. The first kappa shape index (κ1) is 12.8. The van der Waals surface area contributed by atoms with Crippen LogP contribution in [0.15, 0.2) is 0 Å². The van der Waals surface area contributed by atoms with Gasteiger partial charge < -0.3 is 19.7 Å². The molecule has 5 heteroatoms. The van der Waals surface area contributed by atoms with Crippen LogP contribution in [0.4, 0.5) is 0 Å².